The largest absolute Gasteiger partial charge is 0.550 e. The summed E-state index contributed by atoms with van der Waals surface area (Å²) < 4.78 is 0. The molecule has 0 bridgehead atoms. The van der Waals surface area contributed by atoms with Crippen LogP contribution in [0.1, 0.15) is 49.8 Å². The van der Waals surface area contributed by atoms with Gasteiger partial charge in [-0.25, -0.2) is 0 Å². The lowest BCUT2D eigenvalue weighted by molar-refractivity contribution is -0.305. The van der Waals surface area contributed by atoms with Crippen LogP contribution in [-0.2, 0) is 11.2 Å². The van der Waals surface area contributed by atoms with E-state index in [1.807, 2.05) is 6.92 Å². The van der Waals surface area contributed by atoms with Crippen LogP contribution >= 0.6 is 0 Å². The van der Waals surface area contributed by atoms with Crippen LogP contribution in [0.15, 0.2) is 24.3 Å². The molecule has 0 amide bonds. The Balaban J connectivity index is 0.000000246. The molecule has 0 aliphatic heterocycles. The molecule has 20 heavy (non-hydrogen) atoms. The summed E-state index contributed by atoms with van der Waals surface area (Å²) in [5.74, 6) is 1.67. The van der Waals surface area contributed by atoms with Crippen molar-refractivity contribution < 1.29 is 9.90 Å². The van der Waals surface area contributed by atoms with Crippen LogP contribution in [0.4, 0.5) is 0 Å². The number of terminal acetylenes is 1. The summed E-state index contributed by atoms with van der Waals surface area (Å²) in [5, 5.41) is 13.0. The van der Waals surface area contributed by atoms with Crippen LogP contribution in [0.25, 0.3) is 0 Å². The monoisotopic (exact) mass is 272 g/mol. The number of carbonyl (C=O) groups is 1. The molecule has 0 unspecified atom stereocenters. The molecular formula is C17H22NO2-. The number of rotatable bonds is 5. The summed E-state index contributed by atoms with van der Waals surface area (Å²) in [6.07, 6.45) is 9.44. The molecule has 3 heteroatoms. The van der Waals surface area contributed by atoms with Crippen molar-refractivity contribution in [2.45, 2.75) is 45.1 Å². The van der Waals surface area contributed by atoms with Gasteiger partial charge in [-0.15, -0.1) is 6.42 Å². The maximum atomic E-state index is 9.65. The number of carboxylic acid groups (broad SMARTS) is 1. The molecule has 1 atom stereocenters. The van der Waals surface area contributed by atoms with Crippen LogP contribution in [0.5, 0.6) is 0 Å². The quantitative estimate of drug-likeness (QED) is 0.832. The van der Waals surface area contributed by atoms with E-state index in [0.717, 1.165) is 12.8 Å². The van der Waals surface area contributed by atoms with Gasteiger partial charge in [0.2, 0.25) is 0 Å². The number of nitrogens with one attached hydrogen (secondary N) is 1. The molecule has 108 valence electrons. The molecule has 0 radical (unpaired) electrons. The van der Waals surface area contributed by atoms with Crippen LogP contribution in [0, 0.1) is 12.3 Å². The van der Waals surface area contributed by atoms with E-state index >= 15 is 0 Å². The highest BCUT2D eigenvalue weighted by Crippen LogP contribution is 2.30. The Bertz CT molecular complexity index is 462. The number of unbranched alkanes of at least 4 members (excludes halogenated alkanes) is 1. The summed E-state index contributed by atoms with van der Waals surface area (Å²) in [6, 6.07) is 9.06. The van der Waals surface area contributed by atoms with Gasteiger partial charge < -0.3 is 9.90 Å². The van der Waals surface area contributed by atoms with E-state index in [0.29, 0.717) is 12.6 Å². The maximum Gasteiger partial charge on any atom is 0.0578 e. The van der Waals surface area contributed by atoms with Gasteiger partial charge in [0.1, 0.15) is 0 Å². The molecule has 3 nitrogen and oxygen atoms in total. The van der Waals surface area contributed by atoms with Gasteiger partial charge in [0.25, 0.3) is 0 Å². The van der Waals surface area contributed by atoms with E-state index in [4.69, 9.17) is 6.42 Å². The summed E-state index contributed by atoms with van der Waals surface area (Å²) >= 11 is 0. The van der Waals surface area contributed by atoms with E-state index in [9.17, 15) is 9.90 Å². The average molecular weight is 272 g/mol. The van der Waals surface area contributed by atoms with E-state index in [1.165, 1.54) is 24.0 Å². The number of carboxylic acids is 1. The number of fused-ring (bicyclic) bond motifs is 1. The summed E-state index contributed by atoms with van der Waals surface area (Å²) in [7, 11) is 0. The number of aliphatic carboxylic acids is 1. The second-order valence-electron chi connectivity index (χ2n) is 4.85. The molecule has 0 saturated heterocycles. The second kappa shape index (κ2) is 9.17. The minimum atomic E-state index is -0.943. The molecule has 0 spiro atoms. The topological polar surface area (TPSA) is 52.2 Å². The van der Waals surface area contributed by atoms with Gasteiger partial charge in [0.15, 0.2) is 0 Å². The second-order valence-corrected chi connectivity index (χ2v) is 4.85. The lowest BCUT2D eigenvalue weighted by atomic mass is 10.1. The first-order valence-corrected chi connectivity index (χ1v) is 7.13. The Hall–Kier alpha value is -1.79. The molecular weight excluding hydrogens is 250 g/mol. The normalized spacial score (nSPS) is 15.7. The lowest BCUT2D eigenvalue weighted by Gasteiger charge is -2.10. The summed E-state index contributed by atoms with van der Waals surface area (Å²) in [6.45, 7) is 2.61. The summed E-state index contributed by atoms with van der Waals surface area (Å²) in [5.41, 5.74) is 2.90. The highest BCUT2D eigenvalue weighted by atomic mass is 16.4. The average Bonchev–Trinajstić information content (AvgIpc) is 2.87. The highest BCUT2D eigenvalue weighted by Gasteiger charge is 2.20. The van der Waals surface area contributed by atoms with Crippen molar-refractivity contribution in [2.75, 3.05) is 6.54 Å². The zero-order valence-electron chi connectivity index (χ0n) is 12.0. The Morgan fingerprint density at radius 2 is 2.25 bits per heavy atom. The minimum absolute atomic E-state index is 0.205. The molecule has 0 saturated carbocycles. The molecule has 1 aliphatic carbocycles. The predicted octanol–water partition coefficient (Wildman–Crippen LogP) is 1.82. The fourth-order valence-electron chi connectivity index (χ4n) is 2.27. The van der Waals surface area contributed by atoms with E-state index in [2.05, 4.69) is 35.5 Å². The van der Waals surface area contributed by atoms with E-state index in [-0.39, 0.29) is 6.42 Å². The van der Waals surface area contributed by atoms with Crippen molar-refractivity contribution in [1.29, 1.82) is 0 Å². The molecule has 2 rings (SSSR count). The van der Waals surface area contributed by atoms with Gasteiger partial charge in [-0.05, 0) is 36.8 Å². The molecule has 1 aliphatic rings. The smallest absolute Gasteiger partial charge is 0.0578 e. The number of hydrogen-bond donors (Lipinski definition) is 1. The maximum absolute atomic E-state index is 9.65. The van der Waals surface area contributed by atoms with Crippen LogP contribution < -0.4 is 10.4 Å². The van der Waals surface area contributed by atoms with E-state index in [1.54, 1.807) is 0 Å². The predicted molar refractivity (Wildman–Crippen MR) is 78.9 cm³/mol. The first-order chi connectivity index (χ1) is 9.69. The van der Waals surface area contributed by atoms with Gasteiger partial charge in [-0.2, -0.15) is 0 Å². The van der Waals surface area contributed by atoms with E-state index < -0.39 is 5.97 Å². The van der Waals surface area contributed by atoms with Crippen LogP contribution in [0.2, 0.25) is 0 Å². The van der Waals surface area contributed by atoms with Crippen molar-refractivity contribution in [2.24, 2.45) is 0 Å². The molecule has 0 heterocycles. The minimum Gasteiger partial charge on any atom is -0.550 e. The fourth-order valence-corrected chi connectivity index (χ4v) is 2.27. The van der Waals surface area contributed by atoms with Gasteiger partial charge in [-0.1, -0.05) is 43.5 Å². The van der Waals surface area contributed by atoms with Crippen LogP contribution in [0.3, 0.4) is 0 Å². The molecule has 0 aromatic heterocycles. The first kappa shape index (κ1) is 16.3. The third-order valence-corrected chi connectivity index (χ3v) is 3.32. The number of hydrogen-bond acceptors (Lipinski definition) is 3. The van der Waals surface area contributed by atoms with Gasteiger partial charge in [0, 0.05) is 12.0 Å². The zero-order chi connectivity index (χ0) is 14.8. The van der Waals surface area contributed by atoms with Crippen molar-refractivity contribution in [3.05, 3.63) is 35.4 Å². The Labute approximate surface area is 121 Å². The third-order valence-electron chi connectivity index (χ3n) is 3.32. The Morgan fingerprint density at radius 3 is 2.85 bits per heavy atom. The van der Waals surface area contributed by atoms with Crippen molar-refractivity contribution in [3.8, 4) is 12.3 Å². The van der Waals surface area contributed by atoms with Gasteiger partial charge in [-0.3, -0.25) is 5.32 Å². The highest BCUT2D eigenvalue weighted by molar-refractivity contribution is 5.63. The van der Waals surface area contributed by atoms with Crippen molar-refractivity contribution in [3.63, 3.8) is 0 Å². The third kappa shape index (κ3) is 5.46. The fraction of sp³-hybridized carbons (Fsp3) is 0.471. The molecule has 1 aromatic rings. The number of aryl methyl sites for hydroxylation is 1. The Morgan fingerprint density at radius 1 is 1.50 bits per heavy atom. The van der Waals surface area contributed by atoms with Crippen LogP contribution in [-0.4, -0.2) is 12.5 Å². The standard InChI is InChI=1S/C12H13N.C5H10O2/c1-2-9-13-12-8-7-10-5-3-4-6-11(10)12;1-2-3-4-5(6)7/h1,3-6,12-13H,7-9H2;2-4H2,1H3,(H,6,7)/p-1/t12-;/m1./s1. The SMILES string of the molecule is C#CCN[C@@H]1CCc2ccccc21.CCCCC(=O)[O-]. The summed E-state index contributed by atoms with van der Waals surface area (Å²) in [4.78, 5) is 9.65. The Kier molecular flexibility index (Phi) is 7.46. The van der Waals surface area contributed by atoms with Crippen molar-refractivity contribution in [1.82, 2.24) is 5.32 Å². The van der Waals surface area contributed by atoms with Crippen molar-refractivity contribution >= 4 is 5.97 Å². The number of benzene rings is 1. The molecule has 0 fully saturated rings. The number of carbonyl (C=O) groups excluding carboxylic acids is 1. The first-order valence-electron chi connectivity index (χ1n) is 7.13. The van der Waals surface area contributed by atoms with Gasteiger partial charge >= 0.3 is 0 Å². The molecule has 1 aromatic carbocycles. The lowest BCUT2D eigenvalue weighted by Crippen LogP contribution is -2.21. The van der Waals surface area contributed by atoms with Gasteiger partial charge in [0.05, 0.1) is 6.54 Å². The zero-order valence-corrected chi connectivity index (χ0v) is 12.0. The molecule has 1 N–H and O–H groups in total.